The molecular weight excluding hydrogens is 400 g/mol. The second-order valence-electron chi connectivity index (χ2n) is 8.24. The van der Waals surface area contributed by atoms with Crippen LogP contribution in [0.5, 0.6) is 5.75 Å². The van der Waals surface area contributed by atoms with Crippen LogP contribution in [-0.2, 0) is 11.2 Å². The Balaban J connectivity index is 1.24. The molecule has 6 heteroatoms. The Hall–Kier alpha value is -3.41. The molecule has 166 valence electrons. The largest absolute Gasteiger partial charge is 0.497 e. The van der Waals surface area contributed by atoms with Crippen molar-refractivity contribution >= 4 is 11.7 Å². The van der Waals surface area contributed by atoms with Crippen LogP contribution in [0.1, 0.15) is 24.0 Å². The summed E-state index contributed by atoms with van der Waals surface area (Å²) in [6.45, 7) is 4.36. The first-order valence-electron chi connectivity index (χ1n) is 11.2. The van der Waals surface area contributed by atoms with Crippen LogP contribution in [0.4, 0.5) is 5.82 Å². The van der Waals surface area contributed by atoms with Crippen molar-refractivity contribution in [2.24, 2.45) is 5.92 Å². The van der Waals surface area contributed by atoms with Crippen LogP contribution in [0.3, 0.4) is 0 Å². The molecule has 1 N–H and O–H groups in total. The molecule has 1 aromatic heterocycles. The summed E-state index contributed by atoms with van der Waals surface area (Å²) in [5.41, 5.74) is 4.37. The summed E-state index contributed by atoms with van der Waals surface area (Å²) in [5.74, 6) is 1.93. The molecule has 4 rings (SSSR count). The van der Waals surface area contributed by atoms with E-state index < -0.39 is 0 Å². The van der Waals surface area contributed by atoms with Gasteiger partial charge in [0.05, 0.1) is 12.8 Å². The normalized spacial score (nSPS) is 14.2. The number of carbonyl (C=O) groups excluding carboxylic acids is 1. The van der Waals surface area contributed by atoms with Crippen molar-refractivity contribution < 1.29 is 9.53 Å². The Morgan fingerprint density at radius 1 is 1.03 bits per heavy atom. The number of anilines is 1. The molecule has 0 radical (unpaired) electrons. The summed E-state index contributed by atoms with van der Waals surface area (Å²) >= 11 is 0. The number of ether oxygens (including phenoxy) is 1. The van der Waals surface area contributed by atoms with Crippen LogP contribution in [0, 0.1) is 12.8 Å². The molecule has 1 aliphatic rings. The van der Waals surface area contributed by atoms with Crippen molar-refractivity contribution in [2.45, 2.75) is 26.2 Å². The smallest absolute Gasteiger partial charge is 0.223 e. The number of hydrogen-bond donors (Lipinski definition) is 1. The molecular formula is C26H30N4O2. The zero-order valence-electron chi connectivity index (χ0n) is 18.8. The highest BCUT2D eigenvalue weighted by Crippen LogP contribution is 2.25. The number of nitrogens with one attached hydrogen (secondary N) is 1. The zero-order valence-corrected chi connectivity index (χ0v) is 18.8. The Morgan fingerprint density at radius 2 is 1.78 bits per heavy atom. The maximum absolute atomic E-state index is 12.6. The van der Waals surface area contributed by atoms with E-state index in [1.165, 1.54) is 11.1 Å². The molecule has 1 saturated heterocycles. The third-order valence-corrected chi connectivity index (χ3v) is 6.13. The number of methoxy groups -OCH3 is 1. The minimum Gasteiger partial charge on any atom is -0.497 e. The van der Waals surface area contributed by atoms with Gasteiger partial charge in [-0.05, 0) is 61.6 Å². The number of hydrogen-bond acceptors (Lipinski definition) is 5. The molecule has 6 nitrogen and oxygen atoms in total. The number of aryl methyl sites for hydroxylation is 1. The van der Waals surface area contributed by atoms with E-state index in [0.717, 1.165) is 55.2 Å². The van der Waals surface area contributed by atoms with E-state index in [-0.39, 0.29) is 11.8 Å². The van der Waals surface area contributed by atoms with Gasteiger partial charge in [0.2, 0.25) is 5.91 Å². The van der Waals surface area contributed by atoms with Crippen LogP contribution >= 0.6 is 0 Å². The zero-order chi connectivity index (χ0) is 22.3. The quantitative estimate of drug-likeness (QED) is 0.613. The lowest BCUT2D eigenvalue weighted by atomic mass is 9.96. The summed E-state index contributed by atoms with van der Waals surface area (Å²) in [6.07, 6.45) is 2.47. The van der Waals surface area contributed by atoms with E-state index in [1.807, 2.05) is 48.5 Å². The number of benzene rings is 2. The highest BCUT2D eigenvalue weighted by molar-refractivity contribution is 5.79. The second-order valence-corrected chi connectivity index (χ2v) is 8.24. The van der Waals surface area contributed by atoms with Gasteiger partial charge in [-0.3, -0.25) is 4.79 Å². The summed E-state index contributed by atoms with van der Waals surface area (Å²) < 4.78 is 5.18. The van der Waals surface area contributed by atoms with E-state index in [1.54, 1.807) is 7.11 Å². The summed E-state index contributed by atoms with van der Waals surface area (Å²) in [6, 6.07) is 20.2. The Morgan fingerprint density at radius 3 is 2.44 bits per heavy atom. The highest BCUT2D eigenvalue weighted by atomic mass is 16.5. The van der Waals surface area contributed by atoms with Gasteiger partial charge in [0.25, 0.3) is 0 Å². The Labute approximate surface area is 189 Å². The number of carbonyl (C=O) groups is 1. The third-order valence-electron chi connectivity index (χ3n) is 6.13. The van der Waals surface area contributed by atoms with Crippen molar-refractivity contribution in [3.63, 3.8) is 0 Å². The lowest BCUT2D eigenvalue weighted by molar-refractivity contribution is -0.125. The van der Waals surface area contributed by atoms with Gasteiger partial charge in [-0.2, -0.15) is 0 Å². The molecule has 32 heavy (non-hydrogen) atoms. The molecule has 0 atom stereocenters. The predicted octanol–water partition coefficient (Wildman–Crippen LogP) is 4.04. The van der Waals surface area contributed by atoms with Gasteiger partial charge >= 0.3 is 0 Å². The summed E-state index contributed by atoms with van der Waals surface area (Å²) in [4.78, 5) is 14.8. The standard InChI is InChI=1S/C26H30N4O2/c1-19-5-3-4-6-23(19)24-11-12-25(29-28-24)30-17-14-21(15-18-30)26(31)27-16-13-20-7-9-22(32-2)10-8-20/h3-12,21H,13-18H2,1-2H3,(H,27,31). The summed E-state index contributed by atoms with van der Waals surface area (Å²) in [7, 11) is 1.66. The van der Waals surface area contributed by atoms with Crippen LogP contribution in [0.2, 0.25) is 0 Å². The average Bonchev–Trinajstić information content (AvgIpc) is 2.85. The van der Waals surface area contributed by atoms with E-state index >= 15 is 0 Å². The molecule has 1 aliphatic heterocycles. The number of amides is 1. The molecule has 0 bridgehead atoms. The van der Waals surface area contributed by atoms with Gasteiger partial charge in [-0.1, -0.05) is 36.4 Å². The monoisotopic (exact) mass is 430 g/mol. The molecule has 1 amide bonds. The van der Waals surface area contributed by atoms with Gasteiger partial charge in [-0.25, -0.2) is 0 Å². The van der Waals surface area contributed by atoms with Crippen LogP contribution in [0.25, 0.3) is 11.3 Å². The first-order chi connectivity index (χ1) is 15.6. The maximum atomic E-state index is 12.6. The van der Waals surface area contributed by atoms with E-state index in [4.69, 9.17) is 4.74 Å². The van der Waals surface area contributed by atoms with Gasteiger partial charge in [0, 0.05) is 31.1 Å². The van der Waals surface area contributed by atoms with Crippen molar-refractivity contribution in [1.82, 2.24) is 15.5 Å². The molecule has 3 aromatic rings. The van der Waals surface area contributed by atoms with Gasteiger partial charge in [0.1, 0.15) is 5.75 Å². The minimum atomic E-state index is 0.0568. The van der Waals surface area contributed by atoms with Gasteiger partial charge < -0.3 is 15.0 Å². The van der Waals surface area contributed by atoms with Crippen LogP contribution < -0.4 is 15.0 Å². The molecule has 2 aromatic carbocycles. The fourth-order valence-electron chi connectivity index (χ4n) is 4.14. The molecule has 0 aliphatic carbocycles. The van der Waals surface area contributed by atoms with E-state index in [2.05, 4.69) is 39.5 Å². The lowest BCUT2D eigenvalue weighted by Crippen LogP contribution is -2.41. The van der Waals surface area contributed by atoms with Crippen molar-refractivity contribution in [1.29, 1.82) is 0 Å². The number of piperidine rings is 1. The first-order valence-corrected chi connectivity index (χ1v) is 11.2. The number of nitrogens with zero attached hydrogens (tertiary/aromatic N) is 3. The molecule has 0 unspecified atom stereocenters. The molecule has 2 heterocycles. The topological polar surface area (TPSA) is 67.3 Å². The minimum absolute atomic E-state index is 0.0568. The average molecular weight is 431 g/mol. The van der Waals surface area contributed by atoms with Gasteiger partial charge in [-0.15, -0.1) is 10.2 Å². The Bertz CT molecular complexity index is 1030. The predicted molar refractivity (Wildman–Crippen MR) is 127 cm³/mol. The number of rotatable bonds is 7. The molecule has 0 saturated carbocycles. The summed E-state index contributed by atoms with van der Waals surface area (Å²) in [5, 5.41) is 12.0. The first kappa shape index (κ1) is 21.8. The van der Waals surface area contributed by atoms with Crippen LogP contribution in [0.15, 0.2) is 60.7 Å². The third kappa shape index (κ3) is 5.25. The van der Waals surface area contributed by atoms with Crippen molar-refractivity contribution in [3.8, 4) is 17.0 Å². The van der Waals surface area contributed by atoms with Crippen molar-refractivity contribution in [2.75, 3.05) is 31.6 Å². The second kappa shape index (κ2) is 10.3. The lowest BCUT2D eigenvalue weighted by Gasteiger charge is -2.31. The number of aromatic nitrogens is 2. The van der Waals surface area contributed by atoms with Crippen LogP contribution in [-0.4, -0.2) is 42.8 Å². The SMILES string of the molecule is COc1ccc(CCNC(=O)C2CCN(c3ccc(-c4ccccc4C)nn3)CC2)cc1. The van der Waals surface area contributed by atoms with Gasteiger partial charge in [0.15, 0.2) is 5.82 Å². The molecule has 1 fully saturated rings. The molecule has 0 spiro atoms. The highest BCUT2D eigenvalue weighted by Gasteiger charge is 2.25. The Kier molecular flexibility index (Phi) is 7.00. The fraction of sp³-hybridized carbons (Fsp3) is 0.346. The van der Waals surface area contributed by atoms with Crippen molar-refractivity contribution in [3.05, 3.63) is 71.8 Å². The van der Waals surface area contributed by atoms with E-state index in [9.17, 15) is 4.79 Å². The fourth-order valence-corrected chi connectivity index (χ4v) is 4.14. The maximum Gasteiger partial charge on any atom is 0.223 e. The van der Waals surface area contributed by atoms with E-state index in [0.29, 0.717) is 6.54 Å².